The van der Waals surface area contributed by atoms with Gasteiger partial charge in [-0.05, 0) is 28.1 Å². The van der Waals surface area contributed by atoms with E-state index in [-0.39, 0.29) is 24.6 Å². The van der Waals surface area contributed by atoms with E-state index in [9.17, 15) is 9.59 Å². The number of halogens is 3. The van der Waals surface area contributed by atoms with E-state index in [0.29, 0.717) is 20.2 Å². The van der Waals surface area contributed by atoms with Crippen LogP contribution in [0.25, 0.3) is 0 Å². The SMILES string of the molecule is COC(=O)C1=C(C(=O)OC)N(c2cc(Cl)c(Br)c(Cl)c2)COC1. The summed E-state index contributed by atoms with van der Waals surface area (Å²) >= 11 is 15.5. The normalized spacial score (nSPS) is 14.7. The third kappa shape index (κ3) is 3.63. The Bertz CT molecular complexity index is 669. The van der Waals surface area contributed by atoms with Gasteiger partial charge in [0.2, 0.25) is 0 Å². The lowest BCUT2D eigenvalue weighted by molar-refractivity contribution is -0.140. The van der Waals surface area contributed by atoms with Gasteiger partial charge < -0.3 is 19.1 Å². The fourth-order valence-electron chi connectivity index (χ4n) is 2.05. The van der Waals surface area contributed by atoms with Gasteiger partial charge in [0.25, 0.3) is 0 Å². The zero-order valence-electron chi connectivity index (χ0n) is 12.2. The first-order chi connectivity index (χ1) is 10.9. The summed E-state index contributed by atoms with van der Waals surface area (Å²) in [7, 11) is 2.44. The number of ether oxygens (including phenoxy) is 3. The lowest BCUT2D eigenvalue weighted by atomic mass is 10.1. The quantitative estimate of drug-likeness (QED) is 0.548. The molecule has 0 saturated carbocycles. The summed E-state index contributed by atoms with van der Waals surface area (Å²) in [4.78, 5) is 25.5. The Morgan fingerprint density at radius 1 is 1.17 bits per heavy atom. The molecule has 1 aromatic carbocycles. The predicted octanol–water partition coefficient (Wildman–Crippen LogP) is 3.15. The van der Waals surface area contributed by atoms with Gasteiger partial charge in [-0.2, -0.15) is 0 Å². The molecule has 1 aliphatic rings. The van der Waals surface area contributed by atoms with Crippen LogP contribution < -0.4 is 4.90 Å². The molecule has 0 saturated heterocycles. The minimum absolute atomic E-state index is 0.0270. The number of methoxy groups -OCH3 is 2. The van der Waals surface area contributed by atoms with Crippen LogP contribution in [0.3, 0.4) is 0 Å². The molecule has 0 aliphatic carbocycles. The maximum absolute atomic E-state index is 12.2. The fourth-order valence-corrected chi connectivity index (χ4v) is 2.75. The highest BCUT2D eigenvalue weighted by Crippen LogP contribution is 2.37. The van der Waals surface area contributed by atoms with Crippen LogP contribution in [0.1, 0.15) is 0 Å². The average molecular weight is 425 g/mol. The summed E-state index contributed by atoms with van der Waals surface area (Å²) in [5.41, 5.74) is 0.561. The van der Waals surface area contributed by atoms with Crippen molar-refractivity contribution in [3.8, 4) is 0 Å². The summed E-state index contributed by atoms with van der Waals surface area (Å²) < 4.78 is 15.4. The van der Waals surface area contributed by atoms with Crippen LogP contribution in [-0.2, 0) is 23.8 Å². The minimum Gasteiger partial charge on any atom is -0.466 e. The summed E-state index contributed by atoms with van der Waals surface area (Å²) in [5, 5.41) is 0.698. The van der Waals surface area contributed by atoms with Gasteiger partial charge >= 0.3 is 11.9 Å². The van der Waals surface area contributed by atoms with Crippen LogP contribution in [0.2, 0.25) is 10.0 Å². The molecule has 0 spiro atoms. The Labute approximate surface area is 151 Å². The van der Waals surface area contributed by atoms with Crippen molar-refractivity contribution in [1.82, 2.24) is 0 Å². The number of benzene rings is 1. The Balaban J connectivity index is 2.59. The highest BCUT2D eigenvalue weighted by atomic mass is 79.9. The average Bonchev–Trinajstić information content (AvgIpc) is 2.57. The molecule has 0 amide bonds. The first-order valence-corrected chi connectivity index (χ1v) is 7.85. The number of esters is 2. The molecule has 2 rings (SSSR count). The van der Waals surface area contributed by atoms with Gasteiger partial charge in [-0.3, -0.25) is 0 Å². The van der Waals surface area contributed by atoms with Gasteiger partial charge in [0.15, 0.2) is 0 Å². The smallest absolute Gasteiger partial charge is 0.355 e. The van der Waals surface area contributed by atoms with Crippen LogP contribution in [-0.4, -0.2) is 39.5 Å². The molecule has 1 heterocycles. The lowest BCUT2D eigenvalue weighted by Gasteiger charge is -2.31. The maximum atomic E-state index is 12.2. The summed E-state index contributed by atoms with van der Waals surface area (Å²) in [6.45, 7) is -0.0369. The van der Waals surface area contributed by atoms with Crippen LogP contribution in [0.5, 0.6) is 0 Å². The molecular weight excluding hydrogens is 413 g/mol. The standard InChI is InChI=1S/C14H12BrCl2NO5/c1-21-13(19)8-5-23-6-18(12(8)14(20)22-2)7-3-9(16)11(15)10(17)4-7/h3-4H,5-6H2,1-2H3. The van der Waals surface area contributed by atoms with Crippen molar-refractivity contribution in [3.05, 3.63) is 37.9 Å². The van der Waals surface area contributed by atoms with Crippen molar-refractivity contribution < 1.29 is 23.8 Å². The van der Waals surface area contributed by atoms with Crippen molar-refractivity contribution >= 4 is 56.8 Å². The molecule has 0 atom stereocenters. The number of hydrogen-bond donors (Lipinski definition) is 0. The van der Waals surface area contributed by atoms with Crippen LogP contribution >= 0.6 is 39.1 Å². The summed E-state index contributed by atoms with van der Waals surface area (Å²) in [6, 6.07) is 3.17. The molecule has 23 heavy (non-hydrogen) atoms. The zero-order valence-corrected chi connectivity index (χ0v) is 15.3. The Kier molecular flexibility index (Phi) is 5.91. The third-order valence-corrected chi connectivity index (χ3v) is 5.02. The van der Waals surface area contributed by atoms with Gasteiger partial charge in [-0.15, -0.1) is 0 Å². The molecule has 9 heteroatoms. The van der Waals surface area contributed by atoms with Crippen molar-refractivity contribution in [2.24, 2.45) is 0 Å². The second kappa shape index (κ2) is 7.53. The van der Waals surface area contributed by atoms with Gasteiger partial charge in [0.1, 0.15) is 12.4 Å². The molecule has 1 aliphatic heterocycles. The molecule has 0 fully saturated rings. The first kappa shape index (κ1) is 18.1. The molecule has 1 aromatic rings. The van der Waals surface area contributed by atoms with Crippen molar-refractivity contribution in [1.29, 1.82) is 0 Å². The van der Waals surface area contributed by atoms with E-state index in [2.05, 4.69) is 15.9 Å². The number of carbonyl (C=O) groups is 2. The van der Waals surface area contributed by atoms with Gasteiger partial charge in [-0.1, -0.05) is 23.2 Å². The first-order valence-electron chi connectivity index (χ1n) is 6.30. The second-order valence-corrected chi connectivity index (χ2v) is 6.05. The van der Waals surface area contributed by atoms with Crippen molar-refractivity contribution in [3.63, 3.8) is 0 Å². The van der Waals surface area contributed by atoms with Crippen LogP contribution in [0.15, 0.2) is 27.9 Å². The monoisotopic (exact) mass is 423 g/mol. The number of rotatable bonds is 3. The summed E-state index contributed by atoms with van der Waals surface area (Å²) in [6.07, 6.45) is 0. The van der Waals surface area contributed by atoms with Crippen molar-refractivity contribution in [2.45, 2.75) is 0 Å². The molecule has 0 unspecified atom stereocenters. The molecule has 0 N–H and O–H groups in total. The number of nitrogens with zero attached hydrogens (tertiary/aromatic N) is 1. The molecule has 124 valence electrons. The number of carbonyl (C=O) groups excluding carboxylic acids is 2. The minimum atomic E-state index is -0.691. The van der Waals surface area contributed by atoms with E-state index < -0.39 is 11.9 Å². The van der Waals surface area contributed by atoms with E-state index in [1.807, 2.05) is 0 Å². The summed E-state index contributed by atoms with van der Waals surface area (Å²) in [5.74, 6) is -1.37. The van der Waals surface area contributed by atoms with Gasteiger partial charge in [-0.25, -0.2) is 9.59 Å². The third-order valence-electron chi connectivity index (χ3n) is 3.11. The largest absolute Gasteiger partial charge is 0.466 e. The Hall–Kier alpha value is -1.28. The zero-order chi connectivity index (χ0) is 17.1. The van der Waals surface area contributed by atoms with E-state index in [0.717, 1.165) is 0 Å². The molecular formula is C14H12BrCl2NO5. The molecule has 0 aromatic heterocycles. The van der Waals surface area contributed by atoms with E-state index >= 15 is 0 Å². The Morgan fingerprint density at radius 2 is 1.74 bits per heavy atom. The highest BCUT2D eigenvalue weighted by molar-refractivity contribution is 9.10. The maximum Gasteiger partial charge on any atom is 0.355 e. The highest BCUT2D eigenvalue weighted by Gasteiger charge is 2.32. The van der Waals surface area contributed by atoms with E-state index in [1.54, 1.807) is 12.1 Å². The topological polar surface area (TPSA) is 65.1 Å². The second-order valence-electron chi connectivity index (χ2n) is 4.44. The fraction of sp³-hybridized carbons (Fsp3) is 0.286. The van der Waals surface area contributed by atoms with Gasteiger partial charge in [0.05, 0.1) is 40.9 Å². The number of hydrogen-bond acceptors (Lipinski definition) is 6. The molecule has 6 nitrogen and oxygen atoms in total. The molecule has 0 bridgehead atoms. The van der Waals surface area contributed by atoms with Crippen molar-refractivity contribution in [2.75, 3.05) is 32.5 Å². The number of anilines is 1. The van der Waals surface area contributed by atoms with Gasteiger partial charge in [0, 0.05) is 5.69 Å². The van der Waals surface area contributed by atoms with Crippen LogP contribution in [0.4, 0.5) is 5.69 Å². The van der Waals surface area contributed by atoms with Crippen LogP contribution in [0, 0.1) is 0 Å². The Morgan fingerprint density at radius 3 is 2.26 bits per heavy atom. The lowest BCUT2D eigenvalue weighted by Crippen LogP contribution is -2.38. The van der Waals surface area contributed by atoms with E-state index in [1.165, 1.54) is 19.1 Å². The molecule has 0 radical (unpaired) electrons. The predicted molar refractivity (Wildman–Crippen MR) is 88.5 cm³/mol. The van der Waals surface area contributed by atoms with E-state index in [4.69, 9.17) is 37.4 Å².